The quantitative estimate of drug-likeness (QED) is 0.154. The zero-order chi connectivity index (χ0) is 40.4. The molecule has 8 aromatic carbocycles. The lowest BCUT2D eigenvalue weighted by molar-refractivity contribution is 1.07. The molecule has 0 aliphatic carbocycles. The zero-order valence-electron chi connectivity index (χ0n) is 33.4. The highest BCUT2D eigenvalue weighted by molar-refractivity contribution is 6.02. The third-order valence-electron chi connectivity index (χ3n) is 11.3. The molecule has 10 aromatic rings. The summed E-state index contributed by atoms with van der Waals surface area (Å²) in [5.41, 5.74) is 17.7. The van der Waals surface area contributed by atoms with Crippen molar-refractivity contribution in [1.82, 2.24) is 19.9 Å². The number of nitrogens with zero attached hydrogens (tertiary/aromatic N) is 4. The Hall–Kier alpha value is -7.82. The van der Waals surface area contributed by atoms with Crippen molar-refractivity contribution in [2.45, 2.75) is 13.8 Å². The first-order valence-electron chi connectivity index (χ1n) is 20.3. The first-order valence-corrected chi connectivity index (χ1v) is 20.3. The number of benzene rings is 8. The Morgan fingerprint density at radius 2 is 0.700 bits per heavy atom. The van der Waals surface area contributed by atoms with Crippen molar-refractivity contribution in [3.8, 4) is 89.9 Å². The SMILES string of the molecule is Cc1ccccc1-c1c(C)c(-c2ccc(-c3nc(-c4ccccc4)nc(-c4ccccc4)n3)cc2)nc2ccc(-c3ccc(-c4ccccc4-c4ccccc4)cc3)cc12. The molecule has 0 saturated carbocycles. The molecule has 0 N–H and O–H groups in total. The van der Waals surface area contributed by atoms with Gasteiger partial charge in [0, 0.05) is 27.6 Å². The van der Waals surface area contributed by atoms with Gasteiger partial charge in [-0.15, -0.1) is 0 Å². The van der Waals surface area contributed by atoms with Crippen LogP contribution in [0.3, 0.4) is 0 Å². The van der Waals surface area contributed by atoms with E-state index in [0.29, 0.717) is 17.5 Å². The fourth-order valence-electron chi connectivity index (χ4n) is 8.18. The molecule has 0 unspecified atom stereocenters. The van der Waals surface area contributed by atoms with E-state index < -0.39 is 0 Å². The molecule has 0 atom stereocenters. The van der Waals surface area contributed by atoms with Crippen molar-refractivity contribution in [3.05, 3.63) is 217 Å². The smallest absolute Gasteiger partial charge is 0.164 e. The number of hydrogen-bond acceptors (Lipinski definition) is 4. The van der Waals surface area contributed by atoms with E-state index in [4.69, 9.17) is 19.9 Å². The molecule has 2 aromatic heterocycles. The van der Waals surface area contributed by atoms with Crippen LogP contribution in [0, 0.1) is 13.8 Å². The first-order chi connectivity index (χ1) is 29.6. The zero-order valence-corrected chi connectivity index (χ0v) is 33.4. The van der Waals surface area contributed by atoms with Crippen molar-refractivity contribution in [2.24, 2.45) is 0 Å². The first kappa shape index (κ1) is 36.5. The summed E-state index contributed by atoms with van der Waals surface area (Å²) >= 11 is 0. The minimum atomic E-state index is 0.624. The number of fused-ring (bicyclic) bond motifs is 1. The highest BCUT2D eigenvalue weighted by Gasteiger charge is 2.19. The summed E-state index contributed by atoms with van der Waals surface area (Å²) in [7, 11) is 0. The highest BCUT2D eigenvalue weighted by atomic mass is 15.0. The molecule has 10 rings (SSSR count). The Morgan fingerprint density at radius 1 is 0.300 bits per heavy atom. The number of aromatic nitrogens is 4. The van der Waals surface area contributed by atoms with Gasteiger partial charge in [0.1, 0.15) is 0 Å². The summed E-state index contributed by atoms with van der Waals surface area (Å²) in [6.07, 6.45) is 0. The standard InChI is InChI=1S/C56H40N4/c1-37-16-12-13-23-47(37)52-38(2)53(42-30-32-45(33-31-42)56-59-54(43-19-8-4-9-20-43)58-55(60-56)44-21-10-5-11-22-44)57-51-35-34-46(36-50(51)52)39-26-28-41(29-27-39)49-25-15-14-24-48(49)40-17-6-3-7-18-40/h3-36H,1-2H3. The maximum absolute atomic E-state index is 5.36. The van der Waals surface area contributed by atoms with E-state index >= 15 is 0 Å². The molecule has 0 saturated heterocycles. The lowest BCUT2D eigenvalue weighted by Gasteiger charge is -2.18. The van der Waals surface area contributed by atoms with E-state index in [9.17, 15) is 0 Å². The number of aryl methyl sites for hydroxylation is 1. The largest absolute Gasteiger partial charge is 0.247 e. The van der Waals surface area contributed by atoms with Crippen molar-refractivity contribution >= 4 is 10.9 Å². The monoisotopic (exact) mass is 768 g/mol. The maximum atomic E-state index is 5.36. The third-order valence-corrected chi connectivity index (χ3v) is 11.3. The molecule has 4 nitrogen and oxygen atoms in total. The van der Waals surface area contributed by atoms with Crippen LogP contribution in [0.4, 0.5) is 0 Å². The van der Waals surface area contributed by atoms with Crippen LogP contribution in [0.25, 0.3) is 101 Å². The number of hydrogen-bond donors (Lipinski definition) is 0. The van der Waals surface area contributed by atoms with Crippen LogP contribution in [-0.2, 0) is 0 Å². The van der Waals surface area contributed by atoms with Gasteiger partial charge in [-0.2, -0.15) is 0 Å². The van der Waals surface area contributed by atoms with E-state index in [1.807, 2.05) is 60.7 Å². The summed E-state index contributed by atoms with van der Waals surface area (Å²) in [6, 6.07) is 72.1. The molecule has 0 radical (unpaired) electrons. The molecular weight excluding hydrogens is 729 g/mol. The van der Waals surface area contributed by atoms with Gasteiger partial charge >= 0.3 is 0 Å². The molecule has 0 spiro atoms. The average Bonchev–Trinajstić information content (AvgIpc) is 3.32. The van der Waals surface area contributed by atoms with Gasteiger partial charge in [-0.1, -0.05) is 194 Å². The molecule has 2 heterocycles. The molecular formula is C56H40N4. The summed E-state index contributed by atoms with van der Waals surface area (Å²) in [4.78, 5) is 20.1. The van der Waals surface area contributed by atoms with Gasteiger partial charge in [0.15, 0.2) is 17.5 Å². The van der Waals surface area contributed by atoms with Gasteiger partial charge in [0.05, 0.1) is 11.2 Å². The second kappa shape index (κ2) is 15.8. The van der Waals surface area contributed by atoms with Crippen LogP contribution in [-0.4, -0.2) is 19.9 Å². The Bertz CT molecular complexity index is 3070. The lowest BCUT2D eigenvalue weighted by Crippen LogP contribution is -2.00. The predicted octanol–water partition coefficient (Wildman–Crippen LogP) is 14.4. The second-order valence-corrected chi connectivity index (χ2v) is 15.1. The van der Waals surface area contributed by atoms with E-state index in [-0.39, 0.29) is 0 Å². The van der Waals surface area contributed by atoms with Crippen molar-refractivity contribution in [1.29, 1.82) is 0 Å². The Balaban J connectivity index is 1.04. The van der Waals surface area contributed by atoms with E-state index in [0.717, 1.165) is 55.5 Å². The maximum Gasteiger partial charge on any atom is 0.164 e. The summed E-state index contributed by atoms with van der Waals surface area (Å²) in [5.74, 6) is 1.91. The van der Waals surface area contributed by atoms with Gasteiger partial charge in [0.2, 0.25) is 0 Å². The highest BCUT2D eigenvalue weighted by Crippen LogP contribution is 2.40. The van der Waals surface area contributed by atoms with E-state index in [2.05, 4.69) is 159 Å². The van der Waals surface area contributed by atoms with Gasteiger partial charge in [-0.25, -0.2) is 19.9 Å². The van der Waals surface area contributed by atoms with Crippen molar-refractivity contribution in [2.75, 3.05) is 0 Å². The Morgan fingerprint density at radius 3 is 1.25 bits per heavy atom. The fraction of sp³-hybridized carbons (Fsp3) is 0.0357. The van der Waals surface area contributed by atoms with E-state index in [1.165, 1.54) is 38.9 Å². The lowest BCUT2D eigenvalue weighted by atomic mass is 9.89. The van der Waals surface area contributed by atoms with Crippen molar-refractivity contribution < 1.29 is 0 Å². The third kappa shape index (κ3) is 7.05. The van der Waals surface area contributed by atoms with E-state index in [1.54, 1.807) is 0 Å². The Labute approximate surface area is 350 Å². The summed E-state index contributed by atoms with van der Waals surface area (Å²) < 4.78 is 0. The van der Waals surface area contributed by atoms with Crippen LogP contribution in [0.1, 0.15) is 11.1 Å². The molecule has 0 fully saturated rings. The molecule has 0 bridgehead atoms. The Kier molecular flexibility index (Phi) is 9.64. The molecule has 4 heteroatoms. The van der Waals surface area contributed by atoms with Crippen LogP contribution in [0.5, 0.6) is 0 Å². The minimum Gasteiger partial charge on any atom is -0.247 e. The topological polar surface area (TPSA) is 51.6 Å². The van der Waals surface area contributed by atoms with Crippen LogP contribution in [0.15, 0.2) is 206 Å². The number of rotatable bonds is 8. The predicted molar refractivity (Wildman–Crippen MR) is 248 cm³/mol. The van der Waals surface area contributed by atoms with Crippen LogP contribution >= 0.6 is 0 Å². The van der Waals surface area contributed by atoms with Gasteiger partial charge < -0.3 is 0 Å². The fourth-order valence-corrected chi connectivity index (χ4v) is 8.18. The normalized spacial score (nSPS) is 11.2. The number of pyridine rings is 1. The van der Waals surface area contributed by atoms with Gasteiger partial charge in [-0.3, -0.25) is 0 Å². The molecule has 284 valence electrons. The molecule has 0 amide bonds. The summed E-state index contributed by atoms with van der Waals surface area (Å²) in [5, 5.41) is 1.13. The van der Waals surface area contributed by atoms with Gasteiger partial charge in [-0.05, 0) is 81.6 Å². The second-order valence-electron chi connectivity index (χ2n) is 15.1. The molecule has 0 aliphatic heterocycles. The minimum absolute atomic E-state index is 0.624. The van der Waals surface area contributed by atoms with Gasteiger partial charge in [0.25, 0.3) is 0 Å². The average molecular weight is 769 g/mol. The van der Waals surface area contributed by atoms with Crippen molar-refractivity contribution in [3.63, 3.8) is 0 Å². The summed E-state index contributed by atoms with van der Waals surface area (Å²) in [6.45, 7) is 4.39. The molecule has 60 heavy (non-hydrogen) atoms. The molecule has 0 aliphatic rings. The van der Waals surface area contributed by atoms with Crippen LogP contribution in [0.2, 0.25) is 0 Å². The van der Waals surface area contributed by atoms with Crippen LogP contribution < -0.4 is 0 Å².